The maximum atomic E-state index is 13.9. The minimum atomic E-state index is -1.06. The van der Waals surface area contributed by atoms with Gasteiger partial charge in [0.15, 0.2) is 6.04 Å². The number of esters is 2. The Morgan fingerprint density at radius 3 is 1.62 bits per heavy atom. The average Bonchev–Trinajstić information content (AvgIpc) is 3.20. The van der Waals surface area contributed by atoms with E-state index in [0.717, 1.165) is 56.9 Å². The number of rotatable bonds is 32. The van der Waals surface area contributed by atoms with Crippen molar-refractivity contribution >= 4 is 41.4 Å². The Hall–Kier alpha value is -3.86. The Morgan fingerprint density at radius 1 is 0.589 bits per heavy atom. The third kappa shape index (κ3) is 22.6. The molecule has 3 N–H and O–H groups in total. The molecule has 11 heteroatoms. The SMILES string of the molecule is CCCCCCCCCCCCOC(=O)C(NC(=O)C(CSCc1ccccc1)NC(=O)CCC(NC(C)=O)C(=O)OCCCCCCCC)c1ccccc1. The largest absolute Gasteiger partial charge is 0.464 e. The van der Waals surface area contributed by atoms with Crippen molar-refractivity contribution in [2.75, 3.05) is 19.0 Å². The van der Waals surface area contributed by atoms with Crippen molar-refractivity contribution in [2.24, 2.45) is 0 Å². The van der Waals surface area contributed by atoms with Crippen LogP contribution in [0.15, 0.2) is 60.7 Å². The molecule has 0 aliphatic carbocycles. The van der Waals surface area contributed by atoms with Crippen LogP contribution in [0.2, 0.25) is 0 Å². The maximum Gasteiger partial charge on any atom is 0.333 e. The zero-order chi connectivity index (χ0) is 40.6. The number of hydrogen-bond acceptors (Lipinski definition) is 8. The van der Waals surface area contributed by atoms with Gasteiger partial charge in [-0.1, -0.05) is 164 Å². The van der Waals surface area contributed by atoms with Crippen molar-refractivity contribution in [1.82, 2.24) is 16.0 Å². The number of benzene rings is 2. The molecule has 56 heavy (non-hydrogen) atoms. The molecule has 0 spiro atoms. The highest BCUT2D eigenvalue weighted by atomic mass is 32.2. The number of thioether (sulfide) groups is 1. The number of unbranched alkanes of at least 4 members (excludes halogenated alkanes) is 14. The van der Waals surface area contributed by atoms with Gasteiger partial charge in [-0.25, -0.2) is 9.59 Å². The molecule has 0 aliphatic heterocycles. The number of amides is 3. The second-order valence-corrected chi connectivity index (χ2v) is 15.6. The molecule has 312 valence electrons. The van der Waals surface area contributed by atoms with Crippen LogP contribution < -0.4 is 16.0 Å². The van der Waals surface area contributed by atoms with Crippen LogP contribution in [0.5, 0.6) is 0 Å². The van der Waals surface area contributed by atoms with E-state index in [1.54, 1.807) is 24.3 Å². The van der Waals surface area contributed by atoms with E-state index >= 15 is 0 Å². The van der Waals surface area contributed by atoms with Crippen LogP contribution in [-0.4, -0.2) is 60.7 Å². The fourth-order valence-electron chi connectivity index (χ4n) is 6.26. The molecule has 3 amide bonds. The average molecular weight is 796 g/mol. The van der Waals surface area contributed by atoms with Gasteiger partial charge in [0, 0.05) is 24.9 Å². The van der Waals surface area contributed by atoms with Crippen molar-refractivity contribution in [3.63, 3.8) is 0 Å². The topological polar surface area (TPSA) is 140 Å². The van der Waals surface area contributed by atoms with E-state index in [9.17, 15) is 24.0 Å². The minimum Gasteiger partial charge on any atom is -0.464 e. The first-order valence-corrected chi connectivity index (χ1v) is 22.3. The summed E-state index contributed by atoms with van der Waals surface area (Å²) in [5.74, 6) is -1.70. The maximum absolute atomic E-state index is 13.9. The van der Waals surface area contributed by atoms with Crippen molar-refractivity contribution in [3.8, 4) is 0 Å². The predicted molar refractivity (Wildman–Crippen MR) is 226 cm³/mol. The van der Waals surface area contributed by atoms with Crippen LogP contribution in [0.1, 0.15) is 154 Å². The number of hydrogen-bond donors (Lipinski definition) is 3. The third-order valence-electron chi connectivity index (χ3n) is 9.51. The van der Waals surface area contributed by atoms with Gasteiger partial charge in [0.05, 0.1) is 13.2 Å². The fourth-order valence-corrected chi connectivity index (χ4v) is 7.27. The van der Waals surface area contributed by atoms with E-state index < -0.39 is 47.8 Å². The highest BCUT2D eigenvalue weighted by Crippen LogP contribution is 2.18. The summed E-state index contributed by atoms with van der Waals surface area (Å²) in [6, 6.07) is 15.7. The van der Waals surface area contributed by atoms with Gasteiger partial charge >= 0.3 is 11.9 Å². The Balaban J connectivity index is 2.02. The normalized spacial score (nSPS) is 12.6. The standard InChI is InChI=1S/C45H69N3O7S/c1-4-6-8-10-12-13-14-15-17-25-33-55-45(53)42(38-28-22-19-23-29-38)48-43(51)40(35-56-34-37-26-20-18-21-27-37)47-41(50)31-30-39(46-36(3)49)44(52)54-32-24-16-11-9-7-5-2/h18-23,26-29,39-40,42H,4-17,24-25,30-35H2,1-3H3,(H,46,49)(H,47,50)(H,48,51). The first-order chi connectivity index (χ1) is 27.2. The van der Waals surface area contributed by atoms with E-state index in [2.05, 4.69) is 29.8 Å². The lowest BCUT2D eigenvalue weighted by Crippen LogP contribution is -2.50. The molecule has 0 aromatic heterocycles. The van der Waals surface area contributed by atoms with Crippen molar-refractivity contribution < 1.29 is 33.4 Å². The van der Waals surface area contributed by atoms with Crippen LogP contribution >= 0.6 is 11.8 Å². The molecule has 0 fully saturated rings. The quantitative estimate of drug-likeness (QED) is 0.0493. The lowest BCUT2D eigenvalue weighted by molar-refractivity contribution is -0.148. The number of carbonyl (C=O) groups is 5. The molecule has 10 nitrogen and oxygen atoms in total. The molecule has 0 aliphatic rings. The Morgan fingerprint density at radius 2 is 1.09 bits per heavy atom. The van der Waals surface area contributed by atoms with Crippen LogP contribution in [0.3, 0.4) is 0 Å². The van der Waals surface area contributed by atoms with E-state index in [1.807, 2.05) is 36.4 Å². The van der Waals surface area contributed by atoms with E-state index in [1.165, 1.54) is 70.1 Å². The minimum absolute atomic E-state index is 0.00414. The second kappa shape index (κ2) is 31.3. The summed E-state index contributed by atoms with van der Waals surface area (Å²) < 4.78 is 11.1. The van der Waals surface area contributed by atoms with E-state index in [-0.39, 0.29) is 31.8 Å². The lowest BCUT2D eigenvalue weighted by atomic mass is 10.1. The van der Waals surface area contributed by atoms with Crippen molar-refractivity contribution in [3.05, 3.63) is 71.8 Å². The lowest BCUT2D eigenvalue weighted by Gasteiger charge is -2.23. The molecule has 0 saturated heterocycles. The zero-order valence-electron chi connectivity index (χ0n) is 34.3. The first kappa shape index (κ1) is 48.3. The summed E-state index contributed by atoms with van der Waals surface area (Å²) in [6.45, 7) is 6.20. The highest BCUT2D eigenvalue weighted by molar-refractivity contribution is 7.98. The monoisotopic (exact) mass is 795 g/mol. The Bertz CT molecular complexity index is 1380. The summed E-state index contributed by atoms with van der Waals surface area (Å²) >= 11 is 1.48. The molecule has 2 aromatic carbocycles. The van der Waals surface area contributed by atoms with Gasteiger partial charge in [0.25, 0.3) is 0 Å². The first-order valence-electron chi connectivity index (χ1n) is 21.1. The molecule has 2 rings (SSSR count). The van der Waals surface area contributed by atoms with E-state index in [4.69, 9.17) is 9.47 Å². The molecule has 0 radical (unpaired) electrons. The fraction of sp³-hybridized carbons (Fsp3) is 0.622. The van der Waals surface area contributed by atoms with Gasteiger partial charge in [0.2, 0.25) is 17.7 Å². The Kier molecular flexibility index (Phi) is 26.9. The Labute approximate surface area is 340 Å². The molecule has 3 unspecified atom stereocenters. The van der Waals surface area contributed by atoms with Gasteiger partial charge in [-0.05, 0) is 30.4 Å². The van der Waals surface area contributed by atoms with Crippen LogP contribution in [-0.2, 0) is 39.2 Å². The molecular formula is C45H69N3O7S. The summed E-state index contributed by atoms with van der Waals surface area (Å²) in [6.07, 6.45) is 17.8. The summed E-state index contributed by atoms with van der Waals surface area (Å²) in [4.78, 5) is 65.5. The van der Waals surface area contributed by atoms with Crippen molar-refractivity contribution in [2.45, 2.75) is 160 Å². The van der Waals surface area contributed by atoms with Gasteiger partial charge in [-0.2, -0.15) is 11.8 Å². The van der Waals surface area contributed by atoms with Crippen LogP contribution in [0, 0.1) is 0 Å². The van der Waals surface area contributed by atoms with Gasteiger partial charge < -0.3 is 25.4 Å². The number of ether oxygens (including phenoxy) is 2. The second-order valence-electron chi connectivity index (χ2n) is 14.5. The smallest absolute Gasteiger partial charge is 0.333 e. The molecule has 0 bridgehead atoms. The van der Waals surface area contributed by atoms with Gasteiger partial charge in [-0.3, -0.25) is 14.4 Å². The summed E-state index contributed by atoms with van der Waals surface area (Å²) in [5.41, 5.74) is 1.65. The van der Waals surface area contributed by atoms with Crippen molar-refractivity contribution in [1.29, 1.82) is 0 Å². The molecule has 0 heterocycles. The predicted octanol–water partition coefficient (Wildman–Crippen LogP) is 8.91. The molecule has 0 saturated carbocycles. The third-order valence-corrected chi connectivity index (χ3v) is 10.6. The molecular weight excluding hydrogens is 727 g/mol. The van der Waals surface area contributed by atoms with Crippen LogP contribution in [0.4, 0.5) is 0 Å². The molecule has 2 aromatic rings. The summed E-state index contributed by atoms with van der Waals surface area (Å²) in [5, 5.41) is 8.29. The molecule has 3 atom stereocenters. The van der Waals surface area contributed by atoms with Gasteiger partial charge in [-0.15, -0.1) is 0 Å². The summed E-state index contributed by atoms with van der Waals surface area (Å²) in [7, 11) is 0. The highest BCUT2D eigenvalue weighted by Gasteiger charge is 2.30. The zero-order valence-corrected chi connectivity index (χ0v) is 35.1. The number of carbonyl (C=O) groups excluding carboxylic acids is 5. The van der Waals surface area contributed by atoms with E-state index in [0.29, 0.717) is 11.3 Å². The van der Waals surface area contributed by atoms with Gasteiger partial charge in [0.1, 0.15) is 12.1 Å². The number of nitrogens with one attached hydrogen (secondary N) is 3. The van der Waals surface area contributed by atoms with Crippen LogP contribution in [0.25, 0.3) is 0 Å².